The van der Waals surface area contributed by atoms with Gasteiger partial charge in [0.05, 0.1) is 6.42 Å². The zero-order valence-corrected chi connectivity index (χ0v) is 16.9. The van der Waals surface area contributed by atoms with Crippen LogP contribution in [-0.4, -0.2) is 22.0 Å². The van der Waals surface area contributed by atoms with Crippen LogP contribution in [0.5, 0.6) is 0 Å². The van der Waals surface area contributed by atoms with E-state index in [-0.39, 0.29) is 5.91 Å². The van der Waals surface area contributed by atoms with Crippen LogP contribution in [0.3, 0.4) is 0 Å². The number of carbonyl (C=O) groups is 1. The number of imidazole rings is 1. The fourth-order valence-corrected chi connectivity index (χ4v) is 3.50. The van der Waals surface area contributed by atoms with E-state index in [0.717, 1.165) is 23.5 Å². The largest absolute Gasteiger partial charge is 0.355 e. The molecule has 0 aliphatic heterocycles. The molecule has 0 saturated carbocycles. The molecule has 30 heavy (non-hydrogen) atoms. The predicted octanol–water partition coefficient (Wildman–Crippen LogP) is 4.50. The highest BCUT2D eigenvalue weighted by Gasteiger charge is 2.07. The number of amides is 1. The van der Waals surface area contributed by atoms with Crippen LogP contribution < -0.4 is 5.32 Å². The number of nitrogens with zero attached hydrogens (tertiary/aromatic N) is 2. The third kappa shape index (κ3) is 5.23. The van der Waals surface area contributed by atoms with Gasteiger partial charge in [-0.25, -0.2) is 4.98 Å². The van der Waals surface area contributed by atoms with Gasteiger partial charge in [-0.1, -0.05) is 84.9 Å². The maximum atomic E-state index is 12.3. The van der Waals surface area contributed by atoms with Crippen molar-refractivity contribution in [2.75, 3.05) is 6.54 Å². The molecule has 3 aromatic carbocycles. The lowest BCUT2D eigenvalue weighted by atomic mass is 10.0. The minimum atomic E-state index is 0.0311. The summed E-state index contributed by atoms with van der Waals surface area (Å²) >= 11 is 0. The van der Waals surface area contributed by atoms with Gasteiger partial charge in [-0.05, 0) is 22.3 Å². The second-order valence-electron chi connectivity index (χ2n) is 7.30. The number of aromatic nitrogens is 2. The Morgan fingerprint density at radius 2 is 1.47 bits per heavy atom. The summed E-state index contributed by atoms with van der Waals surface area (Å²) in [6.07, 6.45) is 4.89. The van der Waals surface area contributed by atoms with Crippen LogP contribution >= 0.6 is 0 Å². The maximum Gasteiger partial charge on any atom is 0.224 e. The molecule has 0 radical (unpaired) electrons. The Labute approximate surface area is 177 Å². The van der Waals surface area contributed by atoms with Gasteiger partial charge >= 0.3 is 0 Å². The second kappa shape index (κ2) is 9.70. The highest BCUT2D eigenvalue weighted by atomic mass is 16.1. The molecular formula is C26H25N3O. The van der Waals surface area contributed by atoms with Crippen molar-refractivity contribution in [2.45, 2.75) is 19.4 Å². The summed E-state index contributed by atoms with van der Waals surface area (Å²) in [6, 6.07) is 28.7. The molecule has 4 aromatic rings. The normalized spacial score (nSPS) is 10.7. The van der Waals surface area contributed by atoms with Crippen LogP contribution in [0.2, 0.25) is 0 Å². The van der Waals surface area contributed by atoms with Gasteiger partial charge in [0.25, 0.3) is 0 Å². The Morgan fingerprint density at radius 3 is 2.20 bits per heavy atom. The van der Waals surface area contributed by atoms with E-state index in [1.807, 2.05) is 60.9 Å². The molecule has 0 atom stereocenters. The molecule has 0 fully saturated rings. The van der Waals surface area contributed by atoms with Crippen molar-refractivity contribution >= 4 is 5.91 Å². The molecular weight excluding hydrogens is 370 g/mol. The molecule has 150 valence electrons. The first kappa shape index (κ1) is 19.6. The Bertz CT molecular complexity index is 1070. The molecule has 1 N–H and O–H groups in total. The maximum absolute atomic E-state index is 12.3. The first-order chi connectivity index (χ1) is 14.8. The summed E-state index contributed by atoms with van der Waals surface area (Å²) in [4.78, 5) is 16.8. The van der Waals surface area contributed by atoms with Crippen molar-refractivity contribution in [3.8, 4) is 11.1 Å². The van der Waals surface area contributed by atoms with Gasteiger partial charge < -0.3 is 9.88 Å². The van der Waals surface area contributed by atoms with E-state index in [1.165, 1.54) is 11.1 Å². The molecule has 0 bridgehead atoms. The minimum Gasteiger partial charge on any atom is -0.355 e. The van der Waals surface area contributed by atoms with E-state index in [9.17, 15) is 4.79 Å². The monoisotopic (exact) mass is 395 g/mol. The van der Waals surface area contributed by atoms with Crippen LogP contribution in [-0.2, 0) is 24.2 Å². The Balaban J connectivity index is 1.26. The summed E-state index contributed by atoms with van der Waals surface area (Å²) in [5.41, 5.74) is 4.59. The first-order valence-electron chi connectivity index (χ1n) is 10.2. The molecule has 4 nitrogen and oxygen atoms in total. The number of hydrogen-bond acceptors (Lipinski definition) is 2. The van der Waals surface area contributed by atoms with Gasteiger partial charge in [-0.2, -0.15) is 0 Å². The summed E-state index contributed by atoms with van der Waals surface area (Å²) in [5, 5.41) is 3.01. The quantitative estimate of drug-likeness (QED) is 0.477. The molecule has 0 saturated heterocycles. The van der Waals surface area contributed by atoms with Gasteiger partial charge in [0.2, 0.25) is 5.91 Å². The smallest absolute Gasteiger partial charge is 0.224 e. The van der Waals surface area contributed by atoms with Gasteiger partial charge in [-0.15, -0.1) is 0 Å². The standard InChI is InChI=1S/C26H25N3O/c30-26(19-21-11-13-24(14-12-21)23-9-5-2-6-10-23)28-16-15-25-27-17-18-29(25)20-22-7-3-1-4-8-22/h1-14,17-18H,15-16,19-20H2,(H,28,30). The van der Waals surface area contributed by atoms with Gasteiger partial charge in [0, 0.05) is 31.9 Å². The fourth-order valence-electron chi connectivity index (χ4n) is 3.50. The predicted molar refractivity (Wildman–Crippen MR) is 120 cm³/mol. The minimum absolute atomic E-state index is 0.0311. The third-order valence-corrected chi connectivity index (χ3v) is 5.09. The summed E-state index contributed by atoms with van der Waals surface area (Å²) in [7, 11) is 0. The van der Waals surface area contributed by atoms with E-state index in [4.69, 9.17) is 0 Å². The van der Waals surface area contributed by atoms with Crippen molar-refractivity contribution in [2.24, 2.45) is 0 Å². The van der Waals surface area contributed by atoms with Crippen molar-refractivity contribution in [3.05, 3.63) is 114 Å². The molecule has 1 heterocycles. The lowest BCUT2D eigenvalue weighted by Crippen LogP contribution is -2.28. The zero-order chi connectivity index (χ0) is 20.6. The Kier molecular flexibility index (Phi) is 6.35. The fraction of sp³-hybridized carbons (Fsp3) is 0.154. The molecule has 1 aromatic heterocycles. The Hall–Kier alpha value is -3.66. The summed E-state index contributed by atoms with van der Waals surface area (Å²) < 4.78 is 2.13. The van der Waals surface area contributed by atoms with E-state index in [0.29, 0.717) is 19.4 Å². The number of benzene rings is 3. The SMILES string of the molecule is O=C(Cc1ccc(-c2ccccc2)cc1)NCCc1nccn1Cc1ccccc1. The summed E-state index contributed by atoms with van der Waals surface area (Å²) in [6.45, 7) is 1.37. The van der Waals surface area contributed by atoms with Gasteiger partial charge in [0.15, 0.2) is 0 Å². The number of carbonyl (C=O) groups excluding carboxylic acids is 1. The molecule has 4 rings (SSSR count). The van der Waals surface area contributed by atoms with Crippen molar-refractivity contribution in [1.29, 1.82) is 0 Å². The van der Waals surface area contributed by atoms with E-state index in [2.05, 4.69) is 51.3 Å². The molecule has 0 aliphatic carbocycles. The van der Waals surface area contributed by atoms with Gasteiger partial charge in [0.1, 0.15) is 5.82 Å². The molecule has 0 spiro atoms. The average molecular weight is 396 g/mol. The lowest BCUT2D eigenvalue weighted by Gasteiger charge is -2.09. The van der Waals surface area contributed by atoms with Gasteiger partial charge in [-0.3, -0.25) is 4.79 Å². The van der Waals surface area contributed by atoms with E-state index >= 15 is 0 Å². The van der Waals surface area contributed by atoms with Crippen LogP contribution in [0, 0.1) is 0 Å². The highest BCUT2D eigenvalue weighted by molar-refractivity contribution is 5.78. The number of hydrogen-bond donors (Lipinski definition) is 1. The highest BCUT2D eigenvalue weighted by Crippen LogP contribution is 2.19. The van der Waals surface area contributed by atoms with Crippen LogP contribution in [0.25, 0.3) is 11.1 Å². The average Bonchev–Trinajstić information content (AvgIpc) is 3.22. The van der Waals surface area contributed by atoms with E-state index < -0.39 is 0 Å². The number of rotatable bonds is 8. The van der Waals surface area contributed by atoms with Crippen LogP contribution in [0.15, 0.2) is 97.3 Å². The van der Waals surface area contributed by atoms with E-state index in [1.54, 1.807) is 0 Å². The summed E-state index contributed by atoms with van der Waals surface area (Å²) in [5.74, 6) is 1.01. The second-order valence-corrected chi connectivity index (χ2v) is 7.30. The first-order valence-corrected chi connectivity index (χ1v) is 10.2. The molecule has 1 amide bonds. The third-order valence-electron chi connectivity index (χ3n) is 5.09. The number of nitrogens with one attached hydrogen (secondary N) is 1. The lowest BCUT2D eigenvalue weighted by molar-refractivity contribution is -0.120. The van der Waals surface area contributed by atoms with Crippen molar-refractivity contribution in [1.82, 2.24) is 14.9 Å². The van der Waals surface area contributed by atoms with Crippen LogP contribution in [0.4, 0.5) is 0 Å². The zero-order valence-electron chi connectivity index (χ0n) is 16.9. The Morgan fingerprint density at radius 1 is 0.800 bits per heavy atom. The molecule has 4 heteroatoms. The van der Waals surface area contributed by atoms with Crippen molar-refractivity contribution < 1.29 is 4.79 Å². The van der Waals surface area contributed by atoms with Crippen molar-refractivity contribution in [3.63, 3.8) is 0 Å². The topological polar surface area (TPSA) is 46.9 Å². The molecule has 0 aliphatic rings. The van der Waals surface area contributed by atoms with Crippen LogP contribution in [0.1, 0.15) is 17.0 Å². The molecule has 0 unspecified atom stereocenters.